The van der Waals surface area contributed by atoms with Gasteiger partial charge in [-0.05, 0) is 106 Å². The first-order chi connectivity index (χ1) is 15.2. The van der Waals surface area contributed by atoms with E-state index in [1.54, 1.807) is 0 Å². The van der Waals surface area contributed by atoms with E-state index < -0.39 is 0 Å². The van der Waals surface area contributed by atoms with Crippen LogP contribution in [0.15, 0.2) is 58.2 Å². The van der Waals surface area contributed by atoms with Crippen LogP contribution in [0.3, 0.4) is 0 Å². The molecular weight excluding hydrogens is 460 g/mol. The van der Waals surface area contributed by atoms with Crippen LogP contribution in [0, 0.1) is 0 Å². The summed E-state index contributed by atoms with van der Waals surface area (Å²) in [4.78, 5) is 11.1. The smallest absolute Gasteiger partial charge is 0.316 e. The summed E-state index contributed by atoms with van der Waals surface area (Å²) < 4.78 is 5.08. The first kappa shape index (κ1) is 30.6. The Morgan fingerprint density at radius 2 is 1.03 bits per heavy atom. The fraction of sp³-hybridized carbons (Fsp3) is 0.621. The van der Waals surface area contributed by atoms with Crippen molar-refractivity contribution in [2.75, 3.05) is 11.9 Å². The Kier molecular flexibility index (Phi) is 19.4. The van der Waals surface area contributed by atoms with E-state index in [2.05, 4.69) is 87.9 Å². The molecule has 0 aromatic rings. The van der Waals surface area contributed by atoms with Crippen molar-refractivity contribution in [1.82, 2.24) is 0 Å². The van der Waals surface area contributed by atoms with E-state index in [0.717, 1.165) is 51.4 Å². The minimum atomic E-state index is -0.185. The first-order valence-electron chi connectivity index (χ1n) is 12.2. The zero-order valence-corrected chi connectivity index (χ0v) is 23.2. The third kappa shape index (κ3) is 20.5. The predicted molar refractivity (Wildman–Crippen MR) is 145 cm³/mol. The van der Waals surface area contributed by atoms with E-state index in [1.165, 1.54) is 40.7 Å². The molecule has 0 amide bonds. The molecule has 0 saturated carbocycles. The lowest BCUT2D eigenvalue weighted by Gasteiger charge is -2.04. The minimum absolute atomic E-state index is 0.185. The summed E-state index contributed by atoms with van der Waals surface area (Å²) in [5.41, 5.74) is 7.28. The lowest BCUT2D eigenvalue weighted by Crippen LogP contribution is -2.06. The average molecular weight is 508 g/mol. The molecule has 0 rings (SSSR count). The lowest BCUT2D eigenvalue weighted by molar-refractivity contribution is -0.140. The Labute approximate surface area is 207 Å². The molecule has 0 fully saturated rings. The van der Waals surface area contributed by atoms with Gasteiger partial charge in [0.1, 0.15) is 5.33 Å². The van der Waals surface area contributed by atoms with E-state index in [0.29, 0.717) is 6.61 Å². The Bertz CT molecular complexity index is 673. The number of halogens is 1. The predicted octanol–water partition coefficient (Wildman–Crippen LogP) is 9.58. The molecule has 0 saturated heterocycles. The molecule has 0 aromatic heterocycles. The Morgan fingerprint density at radius 1 is 0.625 bits per heavy atom. The van der Waals surface area contributed by atoms with Crippen LogP contribution in [0.4, 0.5) is 0 Å². The molecule has 182 valence electrons. The number of carbonyl (C=O) groups excluding carboxylic acids is 1. The summed E-state index contributed by atoms with van der Waals surface area (Å²) in [6.07, 6.45) is 22.9. The van der Waals surface area contributed by atoms with Crippen LogP contribution in [0.5, 0.6) is 0 Å². The molecule has 0 spiro atoms. The van der Waals surface area contributed by atoms with Crippen molar-refractivity contribution in [3.8, 4) is 0 Å². The number of hydrogen-bond acceptors (Lipinski definition) is 2. The number of esters is 1. The molecular formula is C29H47BrO2. The molecule has 0 radical (unpaired) electrons. The highest BCUT2D eigenvalue weighted by Gasteiger charge is 1.99. The van der Waals surface area contributed by atoms with E-state index >= 15 is 0 Å². The number of alkyl halides is 1. The largest absolute Gasteiger partial charge is 0.465 e. The van der Waals surface area contributed by atoms with E-state index in [-0.39, 0.29) is 11.3 Å². The van der Waals surface area contributed by atoms with E-state index in [1.807, 2.05) is 0 Å². The number of unbranched alkanes of at least 4 members (excludes halogenated alkanes) is 1. The molecule has 0 aliphatic carbocycles. The van der Waals surface area contributed by atoms with Crippen molar-refractivity contribution in [2.45, 2.75) is 106 Å². The highest BCUT2D eigenvalue weighted by atomic mass is 79.9. The van der Waals surface area contributed by atoms with Gasteiger partial charge < -0.3 is 4.74 Å². The summed E-state index contributed by atoms with van der Waals surface area (Å²) in [6, 6.07) is 0. The molecule has 0 unspecified atom stereocenters. The van der Waals surface area contributed by atoms with Gasteiger partial charge in [-0.3, -0.25) is 4.79 Å². The quantitative estimate of drug-likeness (QED) is 0.0848. The Balaban J connectivity index is 4.00. The van der Waals surface area contributed by atoms with Crippen LogP contribution < -0.4 is 0 Å². The molecule has 0 aliphatic heterocycles. The number of allylic oxidation sites excluding steroid dienone is 10. The van der Waals surface area contributed by atoms with Gasteiger partial charge in [0, 0.05) is 0 Å². The molecule has 3 heteroatoms. The molecule has 0 bridgehead atoms. The Morgan fingerprint density at radius 3 is 1.47 bits per heavy atom. The van der Waals surface area contributed by atoms with Crippen LogP contribution in [0.1, 0.15) is 106 Å². The van der Waals surface area contributed by atoms with Gasteiger partial charge in [0.25, 0.3) is 0 Å². The van der Waals surface area contributed by atoms with Gasteiger partial charge >= 0.3 is 5.97 Å². The van der Waals surface area contributed by atoms with E-state index in [4.69, 9.17) is 4.74 Å². The highest BCUT2D eigenvalue weighted by Crippen LogP contribution is 2.14. The molecule has 0 N–H and O–H groups in total. The van der Waals surface area contributed by atoms with E-state index in [9.17, 15) is 4.79 Å². The van der Waals surface area contributed by atoms with Gasteiger partial charge in [0.05, 0.1) is 6.61 Å². The van der Waals surface area contributed by atoms with Gasteiger partial charge in [-0.25, -0.2) is 0 Å². The summed E-state index contributed by atoms with van der Waals surface area (Å²) in [5, 5.41) is 0.275. The van der Waals surface area contributed by atoms with Crippen LogP contribution >= 0.6 is 15.9 Å². The second-order valence-electron chi connectivity index (χ2n) is 9.13. The molecule has 0 heterocycles. The third-order valence-electron chi connectivity index (χ3n) is 5.39. The van der Waals surface area contributed by atoms with Crippen molar-refractivity contribution >= 4 is 21.9 Å². The zero-order chi connectivity index (χ0) is 24.2. The minimum Gasteiger partial charge on any atom is -0.465 e. The van der Waals surface area contributed by atoms with Gasteiger partial charge in [-0.15, -0.1) is 0 Å². The topological polar surface area (TPSA) is 26.3 Å². The van der Waals surface area contributed by atoms with Gasteiger partial charge in [-0.1, -0.05) is 74.2 Å². The molecule has 2 nitrogen and oxygen atoms in total. The van der Waals surface area contributed by atoms with Gasteiger partial charge in [-0.2, -0.15) is 0 Å². The van der Waals surface area contributed by atoms with Crippen molar-refractivity contribution in [3.63, 3.8) is 0 Å². The van der Waals surface area contributed by atoms with Crippen LogP contribution in [0.2, 0.25) is 0 Å². The molecule has 0 aliphatic rings. The first-order valence-corrected chi connectivity index (χ1v) is 13.3. The molecule has 32 heavy (non-hydrogen) atoms. The second kappa shape index (κ2) is 20.3. The maximum atomic E-state index is 11.1. The fourth-order valence-corrected chi connectivity index (χ4v) is 3.49. The lowest BCUT2D eigenvalue weighted by atomic mass is 10.0. The summed E-state index contributed by atoms with van der Waals surface area (Å²) >= 11 is 3.10. The number of rotatable bonds is 17. The molecule has 0 atom stereocenters. The van der Waals surface area contributed by atoms with Crippen molar-refractivity contribution in [1.29, 1.82) is 0 Å². The van der Waals surface area contributed by atoms with Crippen LogP contribution in [-0.4, -0.2) is 17.9 Å². The third-order valence-corrected chi connectivity index (χ3v) is 5.85. The van der Waals surface area contributed by atoms with Gasteiger partial charge in [0.15, 0.2) is 0 Å². The van der Waals surface area contributed by atoms with Crippen LogP contribution in [-0.2, 0) is 9.53 Å². The van der Waals surface area contributed by atoms with Crippen molar-refractivity contribution in [3.05, 3.63) is 58.2 Å². The highest BCUT2D eigenvalue weighted by molar-refractivity contribution is 9.09. The summed E-state index contributed by atoms with van der Waals surface area (Å²) in [6.45, 7) is 13.8. The number of carbonyl (C=O) groups is 1. The molecule has 0 aromatic carbocycles. The monoisotopic (exact) mass is 506 g/mol. The summed E-state index contributed by atoms with van der Waals surface area (Å²) in [7, 11) is 0. The zero-order valence-electron chi connectivity index (χ0n) is 21.6. The van der Waals surface area contributed by atoms with Crippen molar-refractivity contribution < 1.29 is 9.53 Å². The van der Waals surface area contributed by atoms with Gasteiger partial charge in [0.2, 0.25) is 0 Å². The number of hydrogen-bond donors (Lipinski definition) is 0. The Hall–Kier alpha value is -1.35. The maximum Gasteiger partial charge on any atom is 0.316 e. The second-order valence-corrected chi connectivity index (χ2v) is 9.70. The number of ether oxygens (including phenoxy) is 1. The average Bonchev–Trinajstić information content (AvgIpc) is 2.73. The summed E-state index contributed by atoms with van der Waals surface area (Å²) in [5.74, 6) is -0.185. The standard InChI is InChI=1S/C29H47BrO2/c1-24(2)13-9-16-27(5)19-10-17-25(3)14-7-8-15-26(4)18-11-20-28(6)21-12-22-32-29(31)23-30/h13-15,19-20H,7-12,16-18,21-23H2,1-6H3/b25-14?,26-15+,27-19+,28-20?. The van der Waals surface area contributed by atoms with Crippen molar-refractivity contribution in [2.24, 2.45) is 0 Å². The normalized spacial score (nSPS) is 13.3. The fourth-order valence-electron chi connectivity index (χ4n) is 3.32. The maximum absolute atomic E-state index is 11.1. The SMILES string of the molecule is CC(C)=CCC/C(C)=C/CCC(C)=CCC/C=C(\C)CCC=C(C)CCCOC(=O)CBr. The van der Waals surface area contributed by atoms with Crippen LogP contribution in [0.25, 0.3) is 0 Å².